The van der Waals surface area contributed by atoms with Gasteiger partial charge in [0.1, 0.15) is 29.8 Å². The van der Waals surface area contributed by atoms with Gasteiger partial charge in [-0.3, -0.25) is 4.79 Å². The van der Waals surface area contributed by atoms with Gasteiger partial charge in [0.2, 0.25) is 0 Å². The van der Waals surface area contributed by atoms with E-state index < -0.39 is 5.91 Å². The van der Waals surface area contributed by atoms with Gasteiger partial charge in [0.05, 0.1) is 0 Å². The van der Waals surface area contributed by atoms with Gasteiger partial charge < -0.3 is 14.6 Å². The van der Waals surface area contributed by atoms with Gasteiger partial charge in [-0.1, -0.05) is 35.9 Å². The van der Waals surface area contributed by atoms with Gasteiger partial charge in [-0.15, -0.1) is 0 Å². The fourth-order valence-electron chi connectivity index (χ4n) is 3.97. The number of carbonyl (C=O) groups excluding carboxylic acids is 1. The SMILES string of the molecule is Cc1ccc(NC(=O)/C(C#N)=C\c2cc(C)n(-c3ccc(OCc4ccccc4F)cc3)c2C)cc1Cl. The Kier molecular flexibility index (Phi) is 7.76. The molecule has 186 valence electrons. The van der Waals surface area contributed by atoms with Gasteiger partial charge in [-0.05, 0) is 86.5 Å². The van der Waals surface area contributed by atoms with Gasteiger partial charge in [-0.25, -0.2) is 4.39 Å². The molecule has 5 nitrogen and oxygen atoms in total. The van der Waals surface area contributed by atoms with Crippen molar-refractivity contribution >= 4 is 29.3 Å². The van der Waals surface area contributed by atoms with Gasteiger partial charge in [0.15, 0.2) is 0 Å². The lowest BCUT2D eigenvalue weighted by Gasteiger charge is -2.12. The molecule has 3 aromatic carbocycles. The number of ether oxygens (including phenoxy) is 1. The summed E-state index contributed by atoms with van der Waals surface area (Å²) in [6.45, 7) is 5.88. The van der Waals surface area contributed by atoms with E-state index in [1.54, 1.807) is 42.5 Å². The fourth-order valence-corrected chi connectivity index (χ4v) is 4.15. The van der Waals surface area contributed by atoms with Crippen molar-refractivity contribution in [3.63, 3.8) is 0 Å². The van der Waals surface area contributed by atoms with E-state index in [1.807, 2.05) is 61.7 Å². The van der Waals surface area contributed by atoms with Crippen LogP contribution in [0.1, 0.15) is 28.1 Å². The van der Waals surface area contributed by atoms with Crippen LogP contribution >= 0.6 is 11.6 Å². The number of carbonyl (C=O) groups is 1. The third-order valence-corrected chi connectivity index (χ3v) is 6.42. The van der Waals surface area contributed by atoms with E-state index >= 15 is 0 Å². The number of nitrogens with one attached hydrogen (secondary N) is 1. The van der Waals surface area contributed by atoms with Crippen molar-refractivity contribution in [2.24, 2.45) is 0 Å². The molecule has 4 aromatic rings. The van der Waals surface area contributed by atoms with Gasteiger partial charge >= 0.3 is 0 Å². The number of aromatic nitrogens is 1. The summed E-state index contributed by atoms with van der Waals surface area (Å²) in [5, 5.41) is 12.9. The van der Waals surface area contributed by atoms with Crippen molar-refractivity contribution in [1.82, 2.24) is 4.57 Å². The zero-order chi connectivity index (χ0) is 26.5. The van der Waals surface area contributed by atoms with Crippen molar-refractivity contribution in [3.8, 4) is 17.5 Å². The van der Waals surface area contributed by atoms with E-state index in [9.17, 15) is 14.4 Å². The summed E-state index contributed by atoms with van der Waals surface area (Å²) in [5.41, 5.74) is 5.34. The molecular weight excluding hydrogens is 489 g/mol. The minimum Gasteiger partial charge on any atom is -0.489 e. The summed E-state index contributed by atoms with van der Waals surface area (Å²) in [7, 11) is 0. The summed E-state index contributed by atoms with van der Waals surface area (Å²) >= 11 is 6.14. The quantitative estimate of drug-likeness (QED) is 0.208. The van der Waals surface area contributed by atoms with Crippen molar-refractivity contribution in [1.29, 1.82) is 5.26 Å². The summed E-state index contributed by atoms with van der Waals surface area (Å²) in [6, 6.07) is 23.1. The molecule has 0 radical (unpaired) electrons. The highest BCUT2D eigenvalue weighted by atomic mass is 35.5. The van der Waals surface area contributed by atoms with E-state index in [4.69, 9.17) is 16.3 Å². The van der Waals surface area contributed by atoms with Gasteiger partial charge in [0.25, 0.3) is 5.91 Å². The molecule has 7 heteroatoms. The van der Waals surface area contributed by atoms with Gasteiger partial charge in [0, 0.05) is 33.3 Å². The number of hydrogen-bond acceptors (Lipinski definition) is 3. The maximum absolute atomic E-state index is 13.8. The van der Waals surface area contributed by atoms with Crippen LogP contribution in [-0.4, -0.2) is 10.5 Å². The summed E-state index contributed by atoms with van der Waals surface area (Å²) in [4.78, 5) is 12.8. The molecule has 1 aromatic heterocycles. The normalized spacial score (nSPS) is 11.2. The Morgan fingerprint density at radius 3 is 2.49 bits per heavy atom. The number of benzene rings is 3. The van der Waals surface area contributed by atoms with E-state index in [-0.39, 0.29) is 18.0 Å². The van der Waals surface area contributed by atoms with Gasteiger partial charge in [-0.2, -0.15) is 5.26 Å². The van der Waals surface area contributed by atoms with E-state index in [1.165, 1.54) is 6.07 Å². The topological polar surface area (TPSA) is 67.0 Å². The largest absolute Gasteiger partial charge is 0.489 e. The lowest BCUT2D eigenvalue weighted by molar-refractivity contribution is -0.112. The average Bonchev–Trinajstić information content (AvgIpc) is 3.17. The Hall–Kier alpha value is -4.34. The zero-order valence-electron chi connectivity index (χ0n) is 20.7. The van der Waals surface area contributed by atoms with E-state index in [0.29, 0.717) is 22.0 Å². The summed E-state index contributed by atoms with van der Waals surface area (Å²) < 4.78 is 21.6. The molecule has 1 N–H and O–H groups in total. The van der Waals surface area contributed by atoms with Crippen LogP contribution in [0.5, 0.6) is 5.75 Å². The van der Waals surface area contributed by atoms with Crippen LogP contribution in [0.25, 0.3) is 11.8 Å². The third kappa shape index (κ3) is 5.91. The molecule has 1 heterocycles. The molecular formula is C30H25ClFN3O2. The van der Waals surface area contributed by atoms with Crippen LogP contribution in [0.4, 0.5) is 10.1 Å². The Bertz CT molecular complexity index is 1530. The van der Waals surface area contributed by atoms with Crippen molar-refractivity contribution in [2.45, 2.75) is 27.4 Å². The van der Waals surface area contributed by atoms with Crippen LogP contribution < -0.4 is 10.1 Å². The minimum atomic E-state index is -0.511. The molecule has 0 aliphatic rings. The Morgan fingerprint density at radius 2 is 1.81 bits per heavy atom. The first-order valence-corrected chi connectivity index (χ1v) is 12.0. The second-order valence-corrected chi connectivity index (χ2v) is 9.03. The van der Waals surface area contributed by atoms with Crippen LogP contribution in [0.2, 0.25) is 5.02 Å². The number of amides is 1. The molecule has 0 atom stereocenters. The molecule has 0 saturated carbocycles. The van der Waals surface area contributed by atoms with Crippen molar-refractivity contribution < 1.29 is 13.9 Å². The number of halogens is 2. The Morgan fingerprint density at radius 1 is 1.08 bits per heavy atom. The zero-order valence-corrected chi connectivity index (χ0v) is 21.4. The number of anilines is 1. The van der Waals surface area contributed by atoms with Crippen molar-refractivity contribution in [2.75, 3.05) is 5.32 Å². The molecule has 0 bridgehead atoms. The molecule has 0 aliphatic heterocycles. The van der Waals surface area contributed by atoms with Crippen LogP contribution in [0.3, 0.4) is 0 Å². The van der Waals surface area contributed by atoms with E-state index in [2.05, 4.69) is 5.32 Å². The molecule has 4 rings (SSSR count). The number of hydrogen-bond donors (Lipinski definition) is 1. The van der Waals surface area contributed by atoms with Crippen LogP contribution in [0, 0.1) is 37.9 Å². The fraction of sp³-hybridized carbons (Fsp3) is 0.133. The van der Waals surface area contributed by atoms with E-state index in [0.717, 1.165) is 28.2 Å². The molecule has 0 aliphatic carbocycles. The lowest BCUT2D eigenvalue weighted by Crippen LogP contribution is -2.13. The minimum absolute atomic E-state index is 0.0196. The predicted octanol–water partition coefficient (Wildman–Crippen LogP) is 7.32. The molecule has 1 amide bonds. The second-order valence-electron chi connectivity index (χ2n) is 8.62. The monoisotopic (exact) mass is 513 g/mol. The van der Waals surface area contributed by atoms with Crippen LogP contribution in [-0.2, 0) is 11.4 Å². The smallest absolute Gasteiger partial charge is 0.266 e. The van der Waals surface area contributed by atoms with Crippen LogP contribution in [0.15, 0.2) is 78.4 Å². The number of aryl methyl sites for hydroxylation is 2. The number of rotatable bonds is 7. The highest BCUT2D eigenvalue weighted by Gasteiger charge is 2.15. The summed E-state index contributed by atoms with van der Waals surface area (Å²) in [6.07, 6.45) is 1.58. The Labute approximate surface area is 220 Å². The maximum atomic E-state index is 13.8. The standard InChI is InChI=1S/C30H25ClFN3O2/c1-19-8-9-25(16-28(19)31)34-30(36)24(17-33)15-23-14-20(2)35(21(23)3)26-10-12-27(13-11-26)37-18-22-6-4-5-7-29(22)32/h4-16H,18H2,1-3H3,(H,34,36)/b24-15-. The van der Waals surface area contributed by atoms with Crippen molar-refractivity contribution in [3.05, 3.63) is 117 Å². The molecule has 37 heavy (non-hydrogen) atoms. The number of nitrogens with zero attached hydrogens (tertiary/aromatic N) is 2. The number of nitriles is 1. The lowest BCUT2D eigenvalue weighted by atomic mass is 10.1. The second kappa shape index (κ2) is 11.2. The summed E-state index contributed by atoms with van der Waals surface area (Å²) in [5.74, 6) is -0.191. The first-order chi connectivity index (χ1) is 17.8. The Balaban J connectivity index is 1.52. The molecule has 0 saturated heterocycles. The molecule has 0 fully saturated rings. The highest BCUT2D eigenvalue weighted by molar-refractivity contribution is 6.31. The first kappa shape index (κ1) is 25.7. The maximum Gasteiger partial charge on any atom is 0.266 e. The third-order valence-electron chi connectivity index (χ3n) is 6.01. The molecule has 0 unspecified atom stereocenters. The highest BCUT2D eigenvalue weighted by Crippen LogP contribution is 2.26. The average molecular weight is 514 g/mol. The first-order valence-electron chi connectivity index (χ1n) is 11.6. The predicted molar refractivity (Wildman–Crippen MR) is 144 cm³/mol. The molecule has 0 spiro atoms.